The summed E-state index contributed by atoms with van der Waals surface area (Å²) >= 11 is 6.10. The van der Waals surface area contributed by atoms with E-state index in [1.807, 2.05) is 6.07 Å². The van der Waals surface area contributed by atoms with Gasteiger partial charge in [0.1, 0.15) is 11.3 Å². The van der Waals surface area contributed by atoms with Crippen LogP contribution in [0.25, 0.3) is 10.9 Å². The van der Waals surface area contributed by atoms with Crippen LogP contribution in [0, 0.1) is 0 Å². The highest BCUT2D eigenvalue weighted by Gasteiger charge is 2.09. The van der Waals surface area contributed by atoms with Crippen LogP contribution in [0.2, 0.25) is 5.02 Å². The molecule has 21 heavy (non-hydrogen) atoms. The summed E-state index contributed by atoms with van der Waals surface area (Å²) in [6.07, 6.45) is 4.69. The summed E-state index contributed by atoms with van der Waals surface area (Å²) < 4.78 is 10.6. The number of unbranched alkanes of at least 4 members (excludes halogenated alkanes) is 2. The van der Waals surface area contributed by atoms with E-state index in [0.717, 1.165) is 24.6 Å². The van der Waals surface area contributed by atoms with E-state index in [4.69, 9.17) is 21.1 Å². The molecule has 2 aromatic rings. The minimum absolute atomic E-state index is 0.126. The normalized spacial score (nSPS) is 10.6. The van der Waals surface area contributed by atoms with Gasteiger partial charge in [-0.3, -0.25) is 4.98 Å². The number of aromatic nitrogens is 1. The maximum Gasteiger partial charge on any atom is 0.344 e. The molecule has 0 saturated carbocycles. The van der Waals surface area contributed by atoms with E-state index in [1.165, 1.54) is 0 Å². The number of nitrogens with zero attached hydrogens (tertiary/aromatic N) is 1. The number of carbonyl (C=O) groups excluding carboxylic acids is 1. The van der Waals surface area contributed by atoms with Crippen LogP contribution in [0.15, 0.2) is 30.5 Å². The quantitative estimate of drug-likeness (QED) is 0.573. The third kappa shape index (κ3) is 4.33. The number of hydrogen-bond donors (Lipinski definition) is 0. The van der Waals surface area contributed by atoms with Crippen molar-refractivity contribution in [1.82, 2.24) is 4.98 Å². The Morgan fingerprint density at radius 2 is 2.14 bits per heavy atom. The van der Waals surface area contributed by atoms with Gasteiger partial charge in [0.2, 0.25) is 0 Å². The molecule has 0 atom stereocenters. The Labute approximate surface area is 129 Å². The fraction of sp³-hybridized carbons (Fsp3) is 0.375. The van der Waals surface area contributed by atoms with Gasteiger partial charge in [0.15, 0.2) is 6.61 Å². The van der Waals surface area contributed by atoms with Crippen molar-refractivity contribution in [3.8, 4) is 5.75 Å². The molecule has 1 aromatic carbocycles. The van der Waals surface area contributed by atoms with Gasteiger partial charge in [0.25, 0.3) is 0 Å². The number of fused-ring (bicyclic) bond motifs is 1. The van der Waals surface area contributed by atoms with Gasteiger partial charge in [-0.05, 0) is 30.7 Å². The summed E-state index contributed by atoms with van der Waals surface area (Å²) in [6.45, 7) is 2.42. The molecule has 0 amide bonds. The molecule has 5 heteroatoms. The average molecular weight is 308 g/mol. The molecule has 0 saturated heterocycles. The Morgan fingerprint density at radius 1 is 1.29 bits per heavy atom. The second kappa shape index (κ2) is 7.84. The Bertz CT molecular complexity index is 615. The van der Waals surface area contributed by atoms with Gasteiger partial charge in [-0.25, -0.2) is 4.79 Å². The SMILES string of the molecule is CCCCCOC(=O)COc1ccc(Cl)c2cccnc12. The molecular formula is C16H18ClNO3. The first-order chi connectivity index (χ1) is 10.2. The molecule has 0 unspecified atom stereocenters. The van der Waals surface area contributed by atoms with Crippen LogP contribution in [0.1, 0.15) is 26.2 Å². The van der Waals surface area contributed by atoms with Crippen LogP contribution < -0.4 is 4.74 Å². The van der Waals surface area contributed by atoms with Crippen molar-refractivity contribution in [2.24, 2.45) is 0 Å². The fourth-order valence-corrected chi connectivity index (χ4v) is 2.16. The molecule has 2 rings (SSSR count). The topological polar surface area (TPSA) is 48.4 Å². The van der Waals surface area contributed by atoms with E-state index in [9.17, 15) is 4.79 Å². The Hall–Kier alpha value is -1.81. The zero-order valence-electron chi connectivity index (χ0n) is 12.0. The largest absolute Gasteiger partial charge is 0.480 e. The first-order valence-electron chi connectivity index (χ1n) is 7.04. The lowest BCUT2D eigenvalue weighted by molar-refractivity contribution is -0.146. The van der Waals surface area contributed by atoms with Crippen LogP contribution in [0.4, 0.5) is 0 Å². The van der Waals surface area contributed by atoms with Crippen molar-refractivity contribution in [2.75, 3.05) is 13.2 Å². The van der Waals surface area contributed by atoms with E-state index >= 15 is 0 Å². The van der Waals surface area contributed by atoms with Gasteiger partial charge < -0.3 is 9.47 Å². The number of pyridine rings is 1. The lowest BCUT2D eigenvalue weighted by atomic mass is 10.2. The molecule has 112 valence electrons. The number of rotatable bonds is 7. The molecule has 0 fully saturated rings. The third-order valence-corrected chi connectivity index (χ3v) is 3.37. The summed E-state index contributed by atoms with van der Waals surface area (Å²) in [5, 5.41) is 1.40. The Morgan fingerprint density at radius 3 is 2.95 bits per heavy atom. The van der Waals surface area contributed by atoms with Crippen LogP contribution in [0.3, 0.4) is 0 Å². The van der Waals surface area contributed by atoms with Gasteiger partial charge in [-0.2, -0.15) is 0 Å². The molecule has 1 heterocycles. The van der Waals surface area contributed by atoms with Gasteiger partial charge in [-0.1, -0.05) is 31.4 Å². The summed E-state index contributed by atoms with van der Waals surface area (Å²) in [4.78, 5) is 15.8. The summed E-state index contributed by atoms with van der Waals surface area (Å²) in [5.74, 6) is 0.158. The number of ether oxygens (including phenoxy) is 2. The van der Waals surface area contributed by atoms with Gasteiger partial charge in [0, 0.05) is 11.6 Å². The molecule has 4 nitrogen and oxygen atoms in total. The monoisotopic (exact) mass is 307 g/mol. The predicted octanol–water partition coefficient (Wildman–Crippen LogP) is 4.00. The maximum atomic E-state index is 11.6. The van der Waals surface area contributed by atoms with Crippen LogP contribution in [-0.2, 0) is 9.53 Å². The fourth-order valence-electron chi connectivity index (χ4n) is 1.94. The molecule has 0 N–H and O–H groups in total. The highest BCUT2D eigenvalue weighted by atomic mass is 35.5. The first kappa shape index (κ1) is 15.6. The van der Waals surface area contributed by atoms with Crippen LogP contribution in [-0.4, -0.2) is 24.2 Å². The van der Waals surface area contributed by atoms with Crippen molar-refractivity contribution >= 4 is 28.5 Å². The summed E-state index contributed by atoms with van der Waals surface area (Å²) in [6, 6.07) is 7.11. The predicted molar refractivity (Wildman–Crippen MR) is 82.7 cm³/mol. The minimum Gasteiger partial charge on any atom is -0.480 e. The Kier molecular flexibility index (Phi) is 5.81. The molecule has 0 spiro atoms. The van der Waals surface area contributed by atoms with Crippen LogP contribution >= 0.6 is 11.6 Å². The summed E-state index contributed by atoms with van der Waals surface area (Å²) in [5.41, 5.74) is 0.642. The highest BCUT2D eigenvalue weighted by Crippen LogP contribution is 2.29. The second-order valence-electron chi connectivity index (χ2n) is 4.66. The van der Waals surface area contributed by atoms with Crippen molar-refractivity contribution < 1.29 is 14.3 Å². The first-order valence-corrected chi connectivity index (χ1v) is 7.42. The van der Waals surface area contributed by atoms with E-state index in [2.05, 4.69) is 11.9 Å². The number of benzene rings is 1. The highest BCUT2D eigenvalue weighted by molar-refractivity contribution is 6.35. The second-order valence-corrected chi connectivity index (χ2v) is 5.07. The molecule has 0 aliphatic rings. The lowest BCUT2D eigenvalue weighted by Crippen LogP contribution is -2.15. The minimum atomic E-state index is -0.370. The molecule has 0 aliphatic heterocycles. The molecule has 1 aromatic heterocycles. The van der Waals surface area contributed by atoms with Gasteiger partial charge in [0.05, 0.1) is 11.6 Å². The number of esters is 1. The lowest BCUT2D eigenvalue weighted by Gasteiger charge is -2.09. The van der Waals surface area contributed by atoms with Crippen molar-refractivity contribution in [2.45, 2.75) is 26.2 Å². The maximum absolute atomic E-state index is 11.6. The van der Waals surface area contributed by atoms with E-state index in [-0.39, 0.29) is 12.6 Å². The zero-order chi connectivity index (χ0) is 15.1. The van der Waals surface area contributed by atoms with E-state index in [0.29, 0.717) is 22.9 Å². The number of hydrogen-bond acceptors (Lipinski definition) is 4. The number of carbonyl (C=O) groups is 1. The van der Waals surface area contributed by atoms with Gasteiger partial charge in [-0.15, -0.1) is 0 Å². The van der Waals surface area contributed by atoms with Crippen LogP contribution in [0.5, 0.6) is 5.75 Å². The number of halogens is 1. The molecular weight excluding hydrogens is 290 g/mol. The standard InChI is InChI=1S/C16H18ClNO3/c1-2-3-4-10-20-15(19)11-21-14-8-7-13(17)12-6-5-9-18-16(12)14/h5-9H,2-4,10-11H2,1H3. The summed E-state index contributed by atoms with van der Waals surface area (Å²) in [7, 11) is 0. The zero-order valence-corrected chi connectivity index (χ0v) is 12.7. The third-order valence-electron chi connectivity index (χ3n) is 3.04. The van der Waals surface area contributed by atoms with Crippen molar-refractivity contribution in [3.05, 3.63) is 35.5 Å². The van der Waals surface area contributed by atoms with E-state index < -0.39 is 0 Å². The molecule has 0 bridgehead atoms. The van der Waals surface area contributed by atoms with Gasteiger partial charge >= 0.3 is 5.97 Å². The van der Waals surface area contributed by atoms with Crippen molar-refractivity contribution in [3.63, 3.8) is 0 Å². The molecule has 0 radical (unpaired) electrons. The van der Waals surface area contributed by atoms with Crippen molar-refractivity contribution in [1.29, 1.82) is 0 Å². The average Bonchev–Trinajstić information content (AvgIpc) is 2.51. The van der Waals surface area contributed by atoms with E-state index in [1.54, 1.807) is 24.4 Å². The Balaban J connectivity index is 1.95. The smallest absolute Gasteiger partial charge is 0.344 e. The molecule has 0 aliphatic carbocycles.